The van der Waals surface area contributed by atoms with Crippen LogP contribution in [0.25, 0.3) is 0 Å². The van der Waals surface area contributed by atoms with Crippen molar-refractivity contribution in [2.75, 3.05) is 0 Å². The Morgan fingerprint density at radius 3 is 2.61 bits per heavy atom. The molecule has 1 aromatic heterocycles. The monoisotopic (exact) mass is 279 g/mol. The molecule has 0 saturated carbocycles. The first-order chi connectivity index (χ1) is 8.65. The van der Waals surface area contributed by atoms with Crippen molar-refractivity contribution in [3.05, 3.63) is 53.3 Å². The largest absolute Gasteiger partial charge is 0.481 e. The quantitative estimate of drug-likeness (QED) is 0.930. The van der Waals surface area contributed by atoms with Gasteiger partial charge in [-0.1, -0.05) is 35.5 Å². The minimum Gasteiger partial charge on any atom is -0.481 e. The fraction of sp³-hybridized carbons (Fsp3) is 0.0769. The van der Waals surface area contributed by atoms with Crippen LogP contribution in [0.1, 0.15) is 5.56 Å². The fourth-order valence-electron chi connectivity index (χ4n) is 1.42. The summed E-state index contributed by atoms with van der Waals surface area (Å²) in [6.45, 7) is 0. The van der Waals surface area contributed by atoms with E-state index in [0.717, 1.165) is 15.4 Å². The molecule has 0 aliphatic heterocycles. The van der Waals surface area contributed by atoms with Gasteiger partial charge in [-0.3, -0.25) is 9.78 Å². The molecule has 1 heterocycles. The van der Waals surface area contributed by atoms with E-state index in [1.165, 1.54) is 11.8 Å². The molecule has 0 amide bonds. The summed E-state index contributed by atoms with van der Waals surface area (Å²) in [6, 6.07) is 9.24. The van der Waals surface area contributed by atoms with E-state index in [1.807, 2.05) is 30.3 Å². The van der Waals surface area contributed by atoms with Crippen LogP contribution in [0.5, 0.6) is 0 Å². The molecule has 0 saturated heterocycles. The highest BCUT2D eigenvalue weighted by Crippen LogP contribution is 2.32. The van der Waals surface area contributed by atoms with Crippen molar-refractivity contribution in [2.24, 2.45) is 0 Å². The summed E-state index contributed by atoms with van der Waals surface area (Å²) >= 11 is 7.54. The molecule has 18 heavy (non-hydrogen) atoms. The highest BCUT2D eigenvalue weighted by atomic mass is 35.5. The lowest BCUT2D eigenvalue weighted by Gasteiger charge is -2.04. The number of benzene rings is 1. The van der Waals surface area contributed by atoms with Gasteiger partial charge in [-0.05, 0) is 23.8 Å². The molecule has 0 unspecified atom stereocenters. The van der Waals surface area contributed by atoms with Gasteiger partial charge >= 0.3 is 5.97 Å². The van der Waals surface area contributed by atoms with Gasteiger partial charge in [0.1, 0.15) is 0 Å². The lowest BCUT2D eigenvalue weighted by Crippen LogP contribution is -1.99. The molecule has 2 aromatic rings. The second kappa shape index (κ2) is 5.89. The Morgan fingerprint density at radius 1 is 1.28 bits per heavy atom. The van der Waals surface area contributed by atoms with E-state index in [0.29, 0.717) is 5.02 Å². The number of carboxylic acids is 1. The SMILES string of the molecule is O=C(O)Cc1ccc(Sc2ccncc2Cl)cc1. The fourth-order valence-corrected chi connectivity index (χ4v) is 2.46. The van der Waals surface area contributed by atoms with Crippen LogP contribution in [0.4, 0.5) is 0 Å². The van der Waals surface area contributed by atoms with Crippen molar-refractivity contribution in [2.45, 2.75) is 16.2 Å². The number of pyridine rings is 1. The minimum atomic E-state index is -0.826. The van der Waals surface area contributed by atoms with Gasteiger partial charge in [0.25, 0.3) is 0 Å². The molecule has 0 atom stereocenters. The number of aliphatic carboxylic acids is 1. The number of aromatic nitrogens is 1. The van der Waals surface area contributed by atoms with Gasteiger partial charge in [-0.25, -0.2) is 0 Å². The average molecular weight is 280 g/mol. The average Bonchev–Trinajstić information content (AvgIpc) is 2.34. The third kappa shape index (κ3) is 3.48. The Bertz CT molecular complexity index is 557. The van der Waals surface area contributed by atoms with Crippen LogP contribution >= 0.6 is 23.4 Å². The summed E-state index contributed by atoms with van der Waals surface area (Å²) in [5.74, 6) is -0.826. The Kier molecular flexibility index (Phi) is 4.23. The van der Waals surface area contributed by atoms with Gasteiger partial charge in [0.2, 0.25) is 0 Å². The number of nitrogens with zero attached hydrogens (tertiary/aromatic N) is 1. The third-order valence-electron chi connectivity index (χ3n) is 2.24. The molecule has 0 spiro atoms. The van der Waals surface area contributed by atoms with Crippen LogP contribution in [0.3, 0.4) is 0 Å². The second-order valence-corrected chi connectivity index (χ2v) is 5.15. The first kappa shape index (κ1) is 12.9. The maximum atomic E-state index is 10.6. The van der Waals surface area contributed by atoms with E-state index in [9.17, 15) is 4.79 Å². The van der Waals surface area contributed by atoms with Gasteiger partial charge in [0, 0.05) is 22.2 Å². The van der Waals surface area contributed by atoms with Crippen LogP contribution in [0, 0.1) is 0 Å². The predicted molar refractivity (Wildman–Crippen MR) is 71.2 cm³/mol. The van der Waals surface area contributed by atoms with E-state index in [1.54, 1.807) is 12.4 Å². The van der Waals surface area contributed by atoms with Crippen LogP contribution in [-0.2, 0) is 11.2 Å². The number of hydrogen-bond acceptors (Lipinski definition) is 3. The van der Waals surface area contributed by atoms with E-state index < -0.39 is 5.97 Å². The van der Waals surface area contributed by atoms with Gasteiger partial charge < -0.3 is 5.11 Å². The Labute approximate surface area is 114 Å². The first-order valence-electron chi connectivity index (χ1n) is 5.23. The van der Waals surface area contributed by atoms with E-state index in [-0.39, 0.29) is 6.42 Å². The zero-order valence-corrected chi connectivity index (χ0v) is 10.9. The van der Waals surface area contributed by atoms with Gasteiger partial charge in [0.05, 0.1) is 11.4 Å². The van der Waals surface area contributed by atoms with Crippen molar-refractivity contribution in [1.29, 1.82) is 0 Å². The number of carbonyl (C=O) groups is 1. The van der Waals surface area contributed by atoms with Gasteiger partial charge in [-0.15, -0.1) is 0 Å². The molecule has 0 radical (unpaired) electrons. The molecule has 1 N–H and O–H groups in total. The maximum Gasteiger partial charge on any atom is 0.307 e. The van der Waals surface area contributed by atoms with Crippen molar-refractivity contribution in [3.8, 4) is 0 Å². The number of halogens is 1. The molecule has 92 valence electrons. The van der Waals surface area contributed by atoms with Crippen LogP contribution in [0.2, 0.25) is 5.02 Å². The van der Waals surface area contributed by atoms with Gasteiger partial charge in [0.15, 0.2) is 0 Å². The summed E-state index contributed by atoms with van der Waals surface area (Å²) < 4.78 is 0. The molecule has 0 fully saturated rings. The van der Waals surface area contributed by atoms with Crippen LogP contribution in [-0.4, -0.2) is 16.1 Å². The lowest BCUT2D eigenvalue weighted by molar-refractivity contribution is -0.136. The zero-order chi connectivity index (χ0) is 13.0. The van der Waals surface area contributed by atoms with Crippen molar-refractivity contribution in [3.63, 3.8) is 0 Å². The van der Waals surface area contributed by atoms with E-state index >= 15 is 0 Å². The molecular formula is C13H10ClNO2S. The summed E-state index contributed by atoms with van der Waals surface area (Å²) in [4.78, 5) is 16.4. The highest BCUT2D eigenvalue weighted by Gasteiger charge is 2.04. The Morgan fingerprint density at radius 2 is 2.00 bits per heavy atom. The van der Waals surface area contributed by atoms with Crippen molar-refractivity contribution < 1.29 is 9.90 Å². The number of hydrogen-bond donors (Lipinski definition) is 1. The number of carboxylic acid groups (broad SMARTS) is 1. The summed E-state index contributed by atoms with van der Waals surface area (Å²) in [5.41, 5.74) is 0.785. The summed E-state index contributed by atoms with van der Waals surface area (Å²) in [7, 11) is 0. The second-order valence-electron chi connectivity index (χ2n) is 3.62. The van der Waals surface area contributed by atoms with E-state index in [2.05, 4.69) is 4.98 Å². The van der Waals surface area contributed by atoms with Crippen LogP contribution in [0.15, 0.2) is 52.5 Å². The predicted octanol–water partition coefficient (Wildman–Crippen LogP) is 3.51. The van der Waals surface area contributed by atoms with Crippen molar-refractivity contribution in [1.82, 2.24) is 4.98 Å². The number of rotatable bonds is 4. The highest BCUT2D eigenvalue weighted by molar-refractivity contribution is 7.99. The van der Waals surface area contributed by atoms with E-state index in [4.69, 9.17) is 16.7 Å². The molecule has 5 heteroatoms. The Hall–Kier alpha value is -1.52. The molecule has 0 aliphatic rings. The first-order valence-corrected chi connectivity index (χ1v) is 6.42. The summed E-state index contributed by atoms with van der Waals surface area (Å²) in [5, 5.41) is 9.29. The topological polar surface area (TPSA) is 50.2 Å². The third-order valence-corrected chi connectivity index (χ3v) is 3.74. The standard InChI is InChI=1S/C13H10ClNO2S/c14-11-8-15-6-5-12(11)18-10-3-1-9(2-4-10)7-13(16)17/h1-6,8H,7H2,(H,16,17). The molecule has 2 rings (SSSR count). The Balaban J connectivity index is 2.11. The normalized spacial score (nSPS) is 10.3. The van der Waals surface area contributed by atoms with Crippen LogP contribution < -0.4 is 0 Å². The van der Waals surface area contributed by atoms with Gasteiger partial charge in [-0.2, -0.15) is 0 Å². The molecular weight excluding hydrogens is 270 g/mol. The molecule has 0 aliphatic carbocycles. The minimum absolute atomic E-state index is 0.0426. The maximum absolute atomic E-state index is 10.6. The smallest absolute Gasteiger partial charge is 0.307 e. The molecule has 0 bridgehead atoms. The molecule has 3 nitrogen and oxygen atoms in total. The van der Waals surface area contributed by atoms with Crippen molar-refractivity contribution >= 4 is 29.3 Å². The molecule has 1 aromatic carbocycles. The zero-order valence-electron chi connectivity index (χ0n) is 9.34. The lowest BCUT2D eigenvalue weighted by atomic mass is 10.2. The summed E-state index contributed by atoms with van der Waals surface area (Å²) in [6.07, 6.45) is 3.33.